The van der Waals surface area contributed by atoms with E-state index in [2.05, 4.69) is 10.4 Å². The summed E-state index contributed by atoms with van der Waals surface area (Å²) in [4.78, 5) is 26.4. The van der Waals surface area contributed by atoms with Crippen LogP contribution in [-0.2, 0) is 24.8 Å². The normalized spacial score (nSPS) is 13.3. The smallest absolute Gasteiger partial charge is 0.356 e. The lowest BCUT2D eigenvalue weighted by Crippen LogP contribution is -2.39. The maximum absolute atomic E-state index is 12.5. The number of anilines is 1. The van der Waals surface area contributed by atoms with Gasteiger partial charge in [0.05, 0.1) is 18.8 Å². The topological polar surface area (TPSA) is 76.5 Å². The number of amides is 2. The maximum Gasteiger partial charge on any atom is 0.356 e. The second-order valence-corrected chi connectivity index (χ2v) is 6.17. The van der Waals surface area contributed by atoms with E-state index in [0.29, 0.717) is 35.9 Å². The maximum atomic E-state index is 12.5. The predicted octanol–water partition coefficient (Wildman–Crippen LogP) is 2.84. The second-order valence-electron chi connectivity index (χ2n) is 5.73. The van der Waals surface area contributed by atoms with Crippen molar-refractivity contribution in [2.45, 2.75) is 19.9 Å². The predicted molar refractivity (Wildman–Crippen MR) is 93.7 cm³/mol. The van der Waals surface area contributed by atoms with Crippen molar-refractivity contribution in [2.24, 2.45) is 7.05 Å². The Balaban J connectivity index is 1.78. The van der Waals surface area contributed by atoms with Crippen LogP contribution in [0.1, 0.15) is 28.7 Å². The third kappa shape index (κ3) is 3.61. The van der Waals surface area contributed by atoms with Crippen molar-refractivity contribution in [2.75, 3.05) is 18.5 Å². The van der Waals surface area contributed by atoms with E-state index >= 15 is 0 Å². The van der Waals surface area contributed by atoms with Crippen molar-refractivity contribution in [3.8, 4) is 0 Å². The van der Waals surface area contributed by atoms with Crippen LogP contribution in [0.3, 0.4) is 0 Å². The van der Waals surface area contributed by atoms with E-state index in [1.54, 1.807) is 43.1 Å². The van der Waals surface area contributed by atoms with E-state index in [9.17, 15) is 9.59 Å². The summed E-state index contributed by atoms with van der Waals surface area (Å²) in [7, 11) is 1.71. The van der Waals surface area contributed by atoms with Gasteiger partial charge in [-0.2, -0.15) is 5.10 Å². The number of fused-ring (bicyclic) bond motifs is 1. The number of carbonyl (C=O) groups is 2. The highest BCUT2D eigenvalue weighted by molar-refractivity contribution is 6.30. The monoisotopic (exact) mass is 362 g/mol. The van der Waals surface area contributed by atoms with Crippen LogP contribution in [-0.4, -0.2) is 39.8 Å². The summed E-state index contributed by atoms with van der Waals surface area (Å²) >= 11 is 5.94. The van der Waals surface area contributed by atoms with Gasteiger partial charge in [-0.3, -0.25) is 4.68 Å². The van der Waals surface area contributed by atoms with Gasteiger partial charge < -0.3 is 15.0 Å². The summed E-state index contributed by atoms with van der Waals surface area (Å²) in [5, 5.41) is 7.76. The quantitative estimate of drug-likeness (QED) is 0.852. The van der Waals surface area contributed by atoms with Crippen molar-refractivity contribution in [1.29, 1.82) is 0 Å². The lowest BCUT2D eigenvalue weighted by Gasteiger charge is -2.27. The number of hydrogen-bond acceptors (Lipinski definition) is 4. The Morgan fingerprint density at radius 3 is 2.92 bits per heavy atom. The van der Waals surface area contributed by atoms with Crippen LogP contribution < -0.4 is 5.32 Å². The Kier molecular flexibility index (Phi) is 4.94. The summed E-state index contributed by atoms with van der Waals surface area (Å²) in [6.07, 6.45) is 0.589. The molecule has 2 aromatic rings. The lowest BCUT2D eigenvalue weighted by atomic mass is 10.1. The largest absolute Gasteiger partial charge is 0.461 e. The molecule has 0 unspecified atom stereocenters. The first kappa shape index (κ1) is 17.3. The van der Waals surface area contributed by atoms with E-state index in [1.807, 2.05) is 0 Å². The first-order valence-corrected chi connectivity index (χ1v) is 8.40. The van der Waals surface area contributed by atoms with Crippen molar-refractivity contribution in [3.05, 3.63) is 46.2 Å². The molecule has 25 heavy (non-hydrogen) atoms. The van der Waals surface area contributed by atoms with Crippen LogP contribution >= 0.6 is 11.6 Å². The highest BCUT2D eigenvalue weighted by Gasteiger charge is 2.30. The lowest BCUT2D eigenvalue weighted by molar-refractivity contribution is 0.0511. The van der Waals surface area contributed by atoms with Crippen molar-refractivity contribution in [1.82, 2.24) is 14.7 Å². The number of ether oxygens (including phenoxy) is 1. The Hall–Kier alpha value is -2.54. The molecule has 1 aromatic heterocycles. The van der Waals surface area contributed by atoms with Crippen LogP contribution in [0.5, 0.6) is 0 Å². The van der Waals surface area contributed by atoms with Gasteiger partial charge in [-0.05, 0) is 25.1 Å². The molecule has 132 valence electrons. The molecule has 0 spiro atoms. The molecule has 0 fully saturated rings. The Labute approximate surface area is 150 Å². The van der Waals surface area contributed by atoms with Crippen LogP contribution in [0.2, 0.25) is 5.02 Å². The van der Waals surface area contributed by atoms with Gasteiger partial charge >= 0.3 is 12.0 Å². The SMILES string of the molecule is CCOC(=O)c1c2c(nn1C)CCN(C(=O)Nc1cccc(Cl)c1)C2. The summed E-state index contributed by atoms with van der Waals surface area (Å²) in [5.74, 6) is -0.421. The minimum atomic E-state index is -0.421. The molecule has 3 rings (SSSR count). The van der Waals surface area contributed by atoms with E-state index < -0.39 is 5.97 Å². The number of aryl methyl sites for hydroxylation is 1. The number of benzene rings is 1. The molecule has 1 aliphatic rings. The summed E-state index contributed by atoms with van der Waals surface area (Å²) in [6.45, 7) is 2.88. The number of nitrogens with one attached hydrogen (secondary N) is 1. The van der Waals surface area contributed by atoms with E-state index in [4.69, 9.17) is 16.3 Å². The number of hydrogen-bond donors (Lipinski definition) is 1. The molecule has 0 atom stereocenters. The fourth-order valence-electron chi connectivity index (χ4n) is 2.90. The molecule has 7 nitrogen and oxygen atoms in total. The average Bonchev–Trinajstić information content (AvgIpc) is 2.90. The fourth-order valence-corrected chi connectivity index (χ4v) is 3.09. The van der Waals surface area contributed by atoms with Crippen molar-refractivity contribution < 1.29 is 14.3 Å². The number of urea groups is 1. The number of esters is 1. The number of aromatic nitrogens is 2. The molecule has 8 heteroatoms. The zero-order valence-electron chi connectivity index (χ0n) is 14.1. The van der Waals surface area contributed by atoms with Gasteiger partial charge in [0, 0.05) is 36.3 Å². The first-order chi connectivity index (χ1) is 12.0. The molecular formula is C17H19ClN4O3. The highest BCUT2D eigenvalue weighted by atomic mass is 35.5. The molecule has 1 N–H and O–H groups in total. The van der Waals surface area contributed by atoms with Gasteiger partial charge in [-0.25, -0.2) is 9.59 Å². The number of rotatable bonds is 3. The van der Waals surface area contributed by atoms with Crippen molar-refractivity contribution >= 4 is 29.3 Å². The molecular weight excluding hydrogens is 344 g/mol. The van der Waals surface area contributed by atoms with E-state index in [1.165, 1.54) is 4.68 Å². The third-order valence-electron chi connectivity index (χ3n) is 4.03. The van der Waals surface area contributed by atoms with Crippen molar-refractivity contribution in [3.63, 3.8) is 0 Å². The molecule has 1 aromatic carbocycles. The Bertz CT molecular complexity index is 818. The summed E-state index contributed by atoms with van der Waals surface area (Å²) in [6, 6.07) is 6.72. The van der Waals surface area contributed by atoms with Crippen LogP contribution in [0.25, 0.3) is 0 Å². The van der Waals surface area contributed by atoms with Crippen LogP contribution in [0, 0.1) is 0 Å². The Morgan fingerprint density at radius 2 is 2.20 bits per heavy atom. The Morgan fingerprint density at radius 1 is 1.40 bits per heavy atom. The molecule has 0 saturated heterocycles. The van der Waals surface area contributed by atoms with E-state index in [0.717, 1.165) is 11.3 Å². The van der Waals surface area contributed by atoms with Crippen LogP contribution in [0.4, 0.5) is 10.5 Å². The zero-order valence-corrected chi connectivity index (χ0v) is 14.8. The van der Waals surface area contributed by atoms with Gasteiger partial charge in [0.1, 0.15) is 0 Å². The zero-order chi connectivity index (χ0) is 18.0. The molecule has 0 radical (unpaired) electrons. The highest BCUT2D eigenvalue weighted by Crippen LogP contribution is 2.24. The molecule has 2 heterocycles. The van der Waals surface area contributed by atoms with Gasteiger partial charge in [-0.15, -0.1) is 0 Å². The standard InChI is InChI=1S/C17H19ClN4O3/c1-3-25-16(23)15-13-10-22(8-7-14(13)20-21(15)2)17(24)19-12-6-4-5-11(18)9-12/h4-6,9H,3,7-8,10H2,1-2H3,(H,19,24). The molecule has 0 bridgehead atoms. The number of nitrogens with zero attached hydrogens (tertiary/aromatic N) is 3. The first-order valence-electron chi connectivity index (χ1n) is 8.03. The molecule has 2 amide bonds. The number of carbonyl (C=O) groups excluding carboxylic acids is 2. The molecule has 0 saturated carbocycles. The van der Waals surface area contributed by atoms with Gasteiger partial charge in [0.15, 0.2) is 5.69 Å². The average molecular weight is 363 g/mol. The summed E-state index contributed by atoms with van der Waals surface area (Å²) in [5.41, 5.74) is 2.60. The minimum Gasteiger partial charge on any atom is -0.461 e. The number of halogens is 1. The molecule has 1 aliphatic heterocycles. The van der Waals surface area contributed by atoms with E-state index in [-0.39, 0.29) is 12.6 Å². The molecule has 0 aliphatic carbocycles. The minimum absolute atomic E-state index is 0.244. The summed E-state index contributed by atoms with van der Waals surface area (Å²) < 4.78 is 6.63. The van der Waals surface area contributed by atoms with Gasteiger partial charge in [0.25, 0.3) is 0 Å². The fraction of sp³-hybridized carbons (Fsp3) is 0.353. The van der Waals surface area contributed by atoms with Crippen LogP contribution in [0.15, 0.2) is 24.3 Å². The van der Waals surface area contributed by atoms with Gasteiger partial charge in [0.2, 0.25) is 0 Å². The third-order valence-corrected chi connectivity index (χ3v) is 4.26. The second kappa shape index (κ2) is 7.14. The van der Waals surface area contributed by atoms with Gasteiger partial charge in [-0.1, -0.05) is 17.7 Å².